The molecule has 1 rings (SSSR count). The lowest BCUT2D eigenvalue weighted by Gasteiger charge is -2.25. The fourth-order valence-corrected chi connectivity index (χ4v) is 1.92. The first-order valence-electron chi connectivity index (χ1n) is 5.25. The first kappa shape index (κ1) is 10.9. The summed E-state index contributed by atoms with van der Waals surface area (Å²) in [6.07, 6.45) is 3.28. The molecule has 1 unspecified atom stereocenters. The Morgan fingerprint density at radius 2 is 2.15 bits per heavy atom. The second-order valence-electron chi connectivity index (χ2n) is 3.91. The molecule has 1 saturated heterocycles. The minimum atomic E-state index is -2.45. The van der Waals surface area contributed by atoms with Crippen molar-refractivity contribution in [1.29, 1.82) is 0 Å². The lowest BCUT2D eigenvalue weighted by atomic mass is 9.93. The normalized spacial score (nSPS) is 25.6. The molecule has 0 amide bonds. The molecule has 3 heteroatoms. The van der Waals surface area contributed by atoms with Gasteiger partial charge in [-0.1, -0.05) is 19.8 Å². The van der Waals surface area contributed by atoms with Gasteiger partial charge in [-0.15, -0.1) is 0 Å². The number of hydrogen-bond acceptors (Lipinski definition) is 1. The predicted molar refractivity (Wildman–Crippen MR) is 50.1 cm³/mol. The molecule has 1 fully saturated rings. The number of hydrogen-bond donors (Lipinski definition) is 1. The van der Waals surface area contributed by atoms with Gasteiger partial charge in [-0.3, -0.25) is 0 Å². The maximum absolute atomic E-state index is 13.5. The van der Waals surface area contributed by atoms with Crippen LogP contribution in [0.4, 0.5) is 8.78 Å². The van der Waals surface area contributed by atoms with Gasteiger partial charge in [0.25, 0.3) is 5.92 Å². The topological polar surface area (TPSA) is 12.0 Å². The molecule has 1 atom stereocenters. The van der Waals surface area contributed by atoms with Crippen molar-refractivity contribution in [2.45, 2.75) is 45.0 Å². The first-order chi connectivity index (χ1) is 6.17. The van der Waals surface area contributed by atoms with Crippen molar-refractivity contribution in [3.63, 3.8) is 0 Å². The van der Waals surface area contributed by atoms with E-state index in [0.29, 0.717) is 19.4 Å². The fraction of sp³-hybridized carbons (Fsp3) is 1.00. The molecule has 1 heterocycles. The van der Waals surface area contributed by atoms with Crippen LogP contribution in [0.1, 0.15) is 39.0 Å². The van der Waals surface area contributed by atoms with Gasteiger partial charge in [0.15, 0.2) is 0 Å². The van der Waals surface area contributed by atoms with Crippen LogP contribution in [0.5, 0.6) is 0 Å². The molecule has 13 heavy (non-hydrogen) atoms. The van der Waals surface area contributed by atoms with Crippen LogP contribution in [0.2, 0.25) is 0 Å². The standard InChI is InChI=1S/C10H19F2N/c1-2-6-10(11,12)9-5-3-4-7-13-8-9/h9,13H,2-8H2,1H3. The fourth-order valence-electron chi connectivity index (χ4n) is 1.92. The average molecular weight is 191 g/mol. The summed E-state index contributed by atoms with van der Waals surface area (Å²) in [5, 5.41) is 3.08. The summed E-state index contributed by atoms with van der Waals surface area (Å²) in [5.41, 5.74) is 0. The third-order valence-corrected chi connectivity index (χ3v) is 2.73. The summed E-state index contributed by atoms with van der Waals surface area (Å²) in [6, 6.07) is 0. The molecule has 0 saturated carbocycles. The van der Waals surface area contributed by atoms with Gasteiger partial charge in [-0.05, 0) is 19.4 Å². The van der Waals surface area contributed by atoms with E-state index in [1.54, 1.807) is 0 Å². The van der Waals surface area contributed by atoms with E-state index in [4.69, 9.17) is 0 Å². The zero-order valence-corrected chi connectivity index (χ0v) is 8.28. The van der Waals surface area contributed by atoms with E-state index in [1.807, 2.05) is 6.92 Å². The highest BCUT2D eigenvalue weighted by Crippen LogP contribution is 2.33. The number of rotatable bonds is 3. The number of halogens is 2. The lowest BCUT2D eigenvalue weighted by molar-refractivity contribution is -0.0664. The van der Waals surface area contributed by atoms with E-state index < -0.39 is 11.8 Å². The molecule has 0 radical (unpaired) electrons. The van der Waals surface area contributed by atoms with Crippen molar-refractivity contribution in [1.82, 2.24) is 5.32 Å². The molecule has 78 valence electrons. The second-order valence-corrected chi connectivity index (χ2v) is 3.91. The summed E-state index contributed by atoms with van der Waals surface area (Å²) in [7, 11) is 0. The van der Waals surface area contributed by atoms with Crippen LogP contribution < -0.4 is 5.32 Å². The molecule has 1 aliphatic rings. The molecule has 0 aromatic rings. The van der Waals surface area contributed by atoms with Crippen LogP contribution in [0.3, 0.4) is 0 Å². The molecule has 0 aromatic carbocycles. The van der Waals surface area contributed by atoms with Crippen LogP contribution in [0.25, 0.3) is 0 Å². The Bertz CT molecular complexity index is 140. The minimum absolute atomic E-state index is 0.0410. The summed E-state index contributed by atoms with van der Waals surface area (Å²) < 4.78 is 26.9. The summed E-state index contributed by atoms with van der Waals surface area (Å²) in [6.45, 7) is 3.21. The van der Waals surface area contributed by atoms with Gasteiger partial charge < -0.3 is 5.32 Å². The molecule has 0 aliphatic carbocycles. The highest BCUT2D eigenvalue weighted by atomic mass is 19.3. The number of alkyl halides is 2. The van der Waals surface area contributed by atoms with Gasteiger partial charge in [-0.2, -0.15) is 0 Å². The van der Waals surface area contributed by atoms with Crippen molar-refractivity contribution in [2.75, 3.05) is 13.1 Å². The van der Waals surface area contributed by atoms with Crippen LogP contribution in [0, 0.1) is 5.92 Å². The van der Waals surface area contributed by atoms with E-state index in [0.717, 1.165) is 19.4 Å². The van der Waals surface area contributed by atoms with Crippen LogP contribution >= 0.6 is 0 Å². The minimum Gasteiger partial charge on any atom is -0.316 e. The monoisotopic (exact) mass is 191 g/mol. The van der Waals surface area contributed by atoms with Crippen molar-refractivity contribution in [2.24, 2.45) is 5.92 Å². The zero-order chi connectivity index (χ0) is 9.73. The molecule has 0 spiro atoms. The Balaban J connectivity index is 2.46. The van der Waals surface area contributed by atoms with Gasteiger partial charge in [0.2, 0.25) is 0 Å². The lowest BCUT2D eigenvalue weighted by Crippen LogP contribution is -2.35. The van der Waals surface area contributed by atoms with Crippen molar-refractivity contribution < 1.29 is 8.78 Å². The SMILES string of the molecule is CCCC(F)(F)C1CCCCNC1. The predicted octanol–water partition coefficient (Wildman–Crippen LogP) is 2.81. The molecule has 1 aliphatic heterocycles. The summed E-state index contributed by atoms with van der Waals surface area (Å²) in [5.74, 6) is -2.89. The van der Waals surface area contributed by atoms with E-state index in [9.17, 15) is 8.78 Å². The Morgan fingerprint density at radius 1 is 1.38 bits per heavy atom. The molecule has 0 bridgehead atoms. The zero-order valence-electron chi connectivity index (χ0n) is 8.28. The van der Waals surface area contributed by atoms with Crippen LogP contribution in [0.15, 0.2) is 0 Å². The van der Waals surface area contributed by atoms with Gasteiger partial charge >= 0.3 is 0 Å². The largest absolute Gasteiger partial charge is 0.316 e. The Morgan fingerprint density at radius 3 is 2.85 bits per heavy atom. The van der Waals surface area contributed by atoms with Crippen molar-refractivity contribution >= 4 is 0 Å². The van der Waals surface area contributed by atoms with Crippen molar-refractivity contribution in [3.8, 4) is 0 Å². The smallest absolute Gasteiger partial charge is 0.252 e. The van der Waals surface area contributed by atoms with Crippen molar-refractivity contribution in [3.05, 3.63) is 0 Å². The van der Waals surface area contributed by atoms with Gasteiger partial charge in [0, 0.05) is 18.9 Å². The van der Waals surface area contributed by atoms with E-state index in [1.165, 1.54) is 0 Å². The third-order valence-electron chi connectivity index (χ3n) is 2.73. The van der Waals surface area contributed by atoms with E-state index in [-0.39, 0.29) is 6.42 Å². The highest BCUT2D eigenvalue weighted by molar-refractivity contribution is 4.80. The first-order valence-corrected chi connectivity index (χ1v) is 5.25. The Hall–Kier alpha value is -0.180. The number of nitrogens with one attached hydrogen (secondary N) is 1. The van der Waals surface area contributed by atoms with E-state index >= 15 is 0 Å². The Labute approximate surface area is 78.9 Å². The van der Waals surface area contributed by atoms with Crippen LogP contribution in [-0.2, 0) is 0 Å². The molecule has 1 nitrogen and oxygen atoms in total. The van der Waals surface area contributed by atoms with E-state index in [2.05, 4.69) is 5.32 Å². The molecule has 1 N–H and O–H groups in total. The Kier molecular flexibility index (Phi) is 4.10. The van der Waals surface area contributed by atoms with Crippen LogP contribution in [-0.4, -0.2) is 19.0 Å². The van der Waals surface area contributed by atoms with Gasteiger partial charge in [0.05, 0.1) is 0 Å². The maximum atomic E-state index is 13.5. The summed E-state index contributed by atoms with van der Waals surface area (Å²) >= 11 is 0. The maximum Gasteiger partial charge on any atom is 0.252 e. The van der Waals surface area contributed by atoms with Gasteiger partial charge in [0.1, 0.15) is 0 Å². The summed E-state index contributed by atoms with van der Waals surface area (Å²) in [4.78, 5) is 0. The highest BCUT2D eigenvalue weighted by Gasteiger charge is 2.37. The second kappa shape index (κ2) is 4.89. The average Bonchev–Trinajstić information content (AvgIpc) is 2.31. The molecular formula is C10H19F2N. The molecule has 0 aromatic heterocycles. The van der Waals surface area contributed by atoms with Gasteiger partial charge in [-0.25, -0.2) is 8.78 Å². The third kappa shape index (κ3) is 3.22. The molecular weight excluding hydrogens is 172 g/mol. The quantitative estimate of drug-likeness (QED) is 0.723.